The highest BCUT2D eigenvalue weighted by atomic mass is 16.7. The van der Waals surface area contributed by atoms with E-state index in [-0.39, 0.29) is 38.6 Å². The maximum Gasteiger partial charge on any atom is 0.361 e. The molecule has 0 bridgehead atoms. The Morgan fingerprint density at radius 3 is 1.57 bits per heavy atom. The molecule has 0 aromatic heterocycles. The van der Waals surface area contributed by atoms with E-state index in [2.05, 4.69) is 62.5 Å². The fourth-order valence-electron chi connectivity index (χ4n) is 5.25. The van der Waals surface area contributed by atoms with Crippen LogP contribution in [0.5, 0.6) is 0 Å². The van der Waals surface area contributed by atoms with Gasteiger partial charge in [0.15, 0.2) is 6.10 Å². The molecule has 53 heavy (non-hydrogen) atoms. The molecule has 0 aliphatic heterocycles. The largest absolute Gasteiger partial charge is 0.477 e. The minimum Gasteiger partial charge on any atom is -0.477 e. The molecule has 0 spiro atoms. The fraction of sp³-hybridized carbons (Fsp3) is 0.750. The highest BCUT2D eigenvalue weighted by Crippen LogP contribution is 2.12. The van der Waals surface area contributed by atoms with Crippen molar-refractivity contribution in [3.63, 3.8) is 0 Å². The molecule has 2 unspecified atom stereocenters. The number of carbonyl (C=O) groups is 3. The smallest absolute Gasteiger partial charge is 0.361 e. The number of carbonyl (C=O) groups excluding carboxylic acids is 2. The number of esters is 2. The molecule has 0 fully saturated rings. The summed E-state index contributed by atoms with van der Waals surface area (Å²) in [7, 11) is 5.93. The molecule has 0 aliphatic rings. The van der Waals surface area contributed by atoms with E-state index >= 15 is 0 Å². The van der Waals surface area contributed by atoms with Crippen molar-refractivity contribution in [1.82, 2.24) is 0 Å². The van der Waals surface area contributed by atoms with E-state index in [1.807, 2.05) is 21.1 Å². The first kappa shape index (κ1) is 50.2. The first-order valence-electron chi connectivity index (χ1n) is 20.8. The summed E-state index contributed by atoms with van der Waals surface area (Å²) in [5, 5.41) is 9.61. The van der Waals surface area contributed by atoms with Crippen LogP contribution in [-0.4, -0.2) is 87.4 Å². The maximum atomic E-state index is 12.7. The Labute approximate surface area is 323 Å². The number of ether oxygens (including phenoxy) is 4. The summed E-state index contributed by atoms with van der Waals surface area (Å²) in [6.07, 6.45) is 37.3. The third-order valence-electron chi connectivity index (χ3n) is 8.54. The molecule has 0 heterocycles. The van der Waals surface area contributed by atoms with Gasteiger partial charge in [0.25, 0.3) is 6.29 Å². The zero-order valence-corrected chi connectivity index (χ0v) is 34.4. The molecule has 9 nitrogen and oxygen atoms in total. The molecule has 9 heteroatoms. The van der Waals surface area contributed by atoms with E-state index < -0.39 is 24.3 Å². The number of hydrogen-bond donors (Lipinski definition) is 1. The molecular formula is C44H78NO8+. The van der Waals surface area contributed by atoms with Crippen LogP contribution in [-0.2, 0) is 33.3 Å². The lowest BCUT2D eigenvalue weighted by Gasteiger charge is -2.25. The lowest BCUT2D eigenvalue weighted by atomic mass is 10.1. The number of nitrogens with zero attached hydrogens (tertiary/aromatic N) is 1. The zero-order valence-electron chi connectivity index (χ0n) is 34.4. The highest BCUT2D eigenvalue weighted by molar-refractivity contribution is 5.71. The van der Waals surface area contributed by atoms with Crippen LogP contribution >= 0.6 is 0 Å². The van der Waals surface area contributed by atoms with Crippen molar-refractivity contribution >= 4 is 17.9 Å². The number of aliphatic carboxylic acids is 1. The van der Waals surface area contributed by atoms with Crippen LogP contribution in [0.25, 0.3) is 0 Å². The minimum atomic E-state index is -1.52. The predicted octanol–water partition coefficient (Wildman–Crippen LogP) is 10.4. The Hall–Kier alpha value is -2.75. The van der Waals surface area contributed by atoms with Crippen molar-refractivity contribution < 1.29 is 42.9 Å². The summed E-state index contributed by atoms with van der Waals surface area (Å²) >= 11 is 0. The highest BCUT2D eigenvalue weighted by Gasteiger charge is 2.25. The maximum absolute atomic E-state index is 12.7. The van der Waals surface area contributed by atoms with E-state index in [9.17, 15) is 19.5 Å². The van der Waals surface area contributed by atoms with Crippen LogP contribution in [0, 0.1) is 0 Å². The van der Waals surface area contributed by atoms with Gasteiger partial charge in [-0.25, -0.2) is 4.79 Å². The first-order valence-corrected chi connectivity index (χ1v) is 20.8. The van der Waals surface area contributed by atoms with Crippen LogP contribution in [0.2, 0.25) is 0 Å². The number of hydrogen-bond acceptors (Lipinski definition) is 7. The lowest BCUT2D eigenvalue weighted by Crippen LogP contribution is -2.40. The third kappa shape index (κ3) is 37.4. The predicted molar refractivity (Wildman–Crippen MR) is 217 cm³/mol. The fourth-order valence-corrected chi connectivity index (χ4v) is 5.25. The summed E-state index contributed by atoms with van der Waals surface area (Å²) < 4.78 is 22.6. The number of carboxylic acids is 1. The van der Waals surface area contributed by atoms with Crippen LogP contribution < -0.4 is 0 Å². The van der Waals surface area contributed by atoms with Gasteiger partial charge in [-0.3, -0.25) is 9.59 Å². The number of allylic oxidation sites excluding steroid dienone is 8. The summed E-state index contributed by atoms with van der Waals surface area (Å²) in [6.45, 7) is 4.72. The van der Waals surface area contributed by atoms with Gasteiger partial charge in [0.2, 0.25) is 0 Å². The number of unbranched alkanes of at least 4 members (excludes halogenated alkanes) is 14. The average molecular weight is 749 g/mol. The molecule has 0 aromatic carbocycles. The Kier molecular flexibility index (Phi) is 34.4. The zero-order chi connectivity index (χ0) is 39.3. The van der Waals surface area contributed by atoms with E-state index in [0.717, 1.165) is 89.9 Å². The van der Waals surface area contributed by atoms with Gasteiger partial charge < -0.3 is 28.5 Å². The average Bonchev–Trinajstić information content (AvgIpc) is 3.11. The molecule has 0 amide bonds. The lowest BCUT2D eigenvalue weighted by molar-refractivity contribution is -0.870. The van der Waals surface area contributed by atoms with E-state index in [1.54, 1.807) is 0 Å². The van der Waals surface area contributed by atoms with Gasteiger partial charge in [-0.1, -0.05) is 120 Å². The molecule has 0 aliphatic carbocycles. The van der Waals surface area contributed by atoms with Crippen LogP contribution in [0.1, 0.15) is 155 Å². The first-order chi connectivity index (χ1) is 25.6. The Balaban J connectivity index is 4.55. The normalized spacial score (nSPS) is 13.5. The Morgan fingerprint density at radius 2 is 1.06 bits per heavy atom. The second-order valence-electron chi connectivity index (χ2n) is 14.9. The summed E-state index contributed by atoms with van der Waals surface area (Å²) in [4.78, 5) is 37.0. The standard InChI is InChI=1S/C44H77NO8/c1-6-8-10-12-14-16-18-20-21-23-25-27-29-31-33-35-42(47)53-40(39-52-44(43(48)49)50-37-36-45(3,4)5)38-51-41(46)34-32-30-28-26-24-22-19-17-15-13-11-9-7-2/h11,13-14,16-17,19-21,40,44H,6-10,12,15,18,22-39H2,1-5H3/p+1/b13-11-,16-14-,19-17-,21-20-. The second kappa shape index (κ2) is 36.2. The summed E-state index contributed by atoms with van der Waals surface area (Å²) in [6, 6.07) is 0. The molecule has 2 atom stereocenters. The van der Waals surface area contributed by atoms with Gasteiger partial charge >= 0.3 is 17.9 Å². The van der Waals surface area contributed by atoms with Crippen molar-refractivity contribution in [3.05, 3.63) is 48.6 Å². The third-order valence-corrected chi connectivity index (χ3v) is 8.54. The van der Waals surface area contributed by atoms with Gasteiger partial charge in [-0.2, -0.15) is 0 Å². The van der Waals surface area contributed by atoms with Gasteiger partial charge in [-0.05, 0) is 70.6 Å². The number of rotatable bonds is 37. The second-order valence-corrected chi connectivity index (χ2v) is 14.9. The van der Waals surface area contributed by atoms with Crippen molar-refractivity contribution in [1.29, 1.82) is 0 Å². The van der Waals surface area contributed by atoms with Crippen LogP contribution in [0.4, 0.5) is 0 Å². The number of carboxylic acid groups (broad SMARTS) is 1. The quantitative estimate of drug-likeness (QED) is 0.0220. The molecule has 0 rings (SSSR count). The van der Waals surface area contributed by atoms with Crippen molar-refractivity contribution in [2.45, 2.75) is 167 Å². The minimum absolute atomic E-state index is 0.181. The molecule has 1 N–H and O–H groups in total. The van der Waals surface area contributed by atoms with Crippen molar-refractivity contribution in [2.24, 2.45) is 0 Å². The molecule has 0 aromatic rings. The molecule has 0 saturated carbocycles. The van der Waals surface area contributed by atoms with E-state index in [1.165, 1.54) is 32.1 Å². The summed E-state index contributed by atoms with van der Waals surface area (Å²) in [5.41, 5.74) is 0. The van der Waals surface area contributed by atoms with Crippen LogP contribution in [0.15, 0.2) is 48.6 Å². The van der Waals surface area contributed by atoms with E-state index in [4.69, 9.17) is 18.9 Å². The SMILES string of the molecule is CCC/C=C\C/C=C\CCCCCCCC(=O)OCC(COC(OCC[N+](C)(C)C)C(=O)O)OC(=O)CCCCCCC/C=C\C/C=C\CCCCC. The number of quaternary nitrogens is 1. The summed E-state index contributed by atoms with van der Waals surface area (Å²) in [5.74, 6) is -2.05. The van der Waals surface area contributed by atoms with Crippen molar-refractivity contribution in [3.8, 4) is 0 Å². The number of likely N-dealkylation sites (N-methyl/N-ethyl adjacent to an activating group) is 1. The van der Waals surface area contributed by atoms with Gasteiger partial charge in [-0.15, -0.1) is 0 Å². The Bertz CT molecular complexity index is 1010. The molecule has 0 saturated heterocycles. The van der Waals surface area contributed by atoms with Crippen molar-refractivity contribution in [2.75, 3.05) is 47.5 Å². The van der Waals surface area contributed by atoms with Gasteiger partial charge in [0, 0.05) is 12.8 Å². The van der Waals surface area contributed by atoms with E-state index in [0.29, 0.717) is 17.4 Å². The van der Waals surface area contributed by atoms with Gasteiger partial charge in [0.1, 0.15) is 13.2 Å². The van der Waals surface area contributed by atoms with Crippen LogP contribution in [0.3, 0.4) is 0 Å². The topological polar surface area (TPSA) is 108 Å². The van der Waals surface area contributed by atoms with Gasteiger partial charge in [0.05, 0.1) is 34.4 Å². The monoisotopic (exact) mass is 749 g/mol. The molecule has 306 valence electrons. The molecule has 0 radical (unpaired) electrons. The molecular weight excluding hydrogens is 670 g/mol. The Morgan fingerprint density at radius 1 is 0.566 bits per heavy atom.